The van der Waals surface area contributed by atoms with Crippen LogP contribution in [0.15, 0.2) is 60.0 Å². The van der Waals surface area contributed by atoms with Gasteiger partial charge in [0.15, 0.2) is 4.32 Å². The highest BCUT2D eigenvalue weighted by Gasteiger charge is 2.34. The Balaban J connectivity index is 1.87. The van der Waals surface area contributed by atoms with Crippen molar-refractivity contribution in [2.24, 2.45) is 0 Å². The molecule has 0 aliphatic carbocycles. The number of aryl methyl sites for hydroxylation is 1. The second-order valence-electron chi connectivity index (χ2n) is 5.99. The molecule has 0 atom stereocenters. The van der Waals surface area contributed by atoms with Crippen LogP contribution in [-0.4, -0.2) is 27.9 Å². The summed E-state index contributed by atoms with van der Waals surface area (Å²) in [5.41, 5.74) is 2.20. The highest BCUT2D eigenvalue weighted by molar-refractivity contribution is 8.27. The third-order valence-electron chi connectivity index (χ3n) is 4.04. The summed E-state index contributed by atoms with van der Waals surface area (Å²) >= 11 is 6.57. The van der Waals surface area contributed by atoms with Crippen LogP contribution in [0.2, 0.25) is 0 Å². The number of thiocarbonyl (C=S) groups is 1. The number of aromatic carboxylic acids is 1. The lowest BCUT2D eigenvalue weighted by Crippen LogP contribution is -2.28. The van der Waals surface area contributed by atoms with Gasteiger partial charge >= 0.3 is 5.97 Å². The zero-order chi connectivity index (χ0) is 20.3. The van der Waals surface area contributed by atoms with Crippen LogP contribution in [0.25, 0.3) is 6.08 Å². The minimum atomic E-state index is -1.05. The molecule has 0 saturated carbocycles. The lowest BCUT2D eigenvalue weighted by molar-refractivity contribution is -0.113. The fourth-order valence-corrected chi connectivity index (χ4v) is 3.91. The summed E-state index contributed by atoms with van der Waals surface area (Å²) in [5.74, 6) is -0.612. The van der Waals surface area contributed by atoms with Crippen LogP contribution in [-0.2, 0) is 4.79 Å². The number of thioether (sulfide) groups is 1. The smallest absolute Gasteiger partial charge is 0.335 e. The first-order valence-corrected chi connectivity index (χ1v) is 9.59. The molecule has 0 unspecified atom stereocenters. The Hall–Kier alpha value is -2.90. The van der Waals surface area contributed by atoms with Crippen molar-refractivity contribution in [2.75, 3.05) is 11.5 Å². The predicted octanol–water partition coefficient (Wildman–Crippen LogP) is 4.66. The first-order chi connectivity index (χ1) is 13.4. The fourth-order valence-electron chi connectivity index (χ4n) is 2.63. The molecule has 1 N–H and O–H groups in total. The number of carbonyl (C=O) groups is 2. The van der Waals surface area contributed by atoms with Gasteiger partial charge in [-0.05, 0) is 48.4 Å². The molecule has 0 radical (unpaired) electrons. The molecule has 3 rings (SSSR count). The number of rotatable bonds is 6. The summed E-state index contributed by atoms with van der Waals surface area (Å²) in [4.78, 5) is 26.1. The molecule has 1 saturated heterocycles. The van der Waals surface area contributed by atoms with Crippen molar-refractivity contribution in [3.63, 3.8) is 0 Å². The first-order valence-electron chi connectivity index (χ1n) is 8.36. The number of hydrogen-bond acceptors (Lipinski definition) is 5. The van der Waals surface area contributed by atoms with E-state index in [1.165, 1.54) is 28.8 Å². The van der Waals surface area contributed by atoms with Crippen LogP contribution in [0.3, 0.4) is 0 Å². The summed E-state index contributed by atoms with van der Waals surface area (Å²) in [6.07, 6.45) is 3.42. The standard InChI is InChI=1S/C21H17NO4S2/c1-3-10-26-16-8-5-14(6-9-16)11-18-19(23)22(21(27)28-18)17-12-15(20(24)25)7-4-13(17)2/h3-9,11-12H,1,10H2,2H3,(H,24,25)/b18-11-. The molecule has 142 valence electrons. The van der Waals surface area contributed by atoms with Gasteiger partial charge in [0.05, 0.1) is 16.2 Å². The second kappa shape index (κ2) is 8.41. The molecule has 0 spiro atoms. The molecule has 1 fully saturated rings. The average molecular weight is 412 g/mol. The average Bonchev–Trinajstić information content (AvgIpc) is 2.95. The van der Waals surface area contributed by atoms with Gasteiger partial charge in [0, 0.05) is 0 Å². The third kappa shape index (κ3) is 4.16. The number of amides is 1. The topological polar surface area (TPSA) is 66.8 Å². The fraction of sp³-hybridized carbons (Fsp3) is 0.0952. The summed E-state index contributed by atoms with van der Waals surface area (Å²) < 4.78 is 5.82. The van der Waals surface area contributed by atoms with Crippen molar-refractivity contribution in [1.82, 2.24) is 0 Å². The number of carboxylic acid groups (broad SMARTS) is 1. The molecule has 1 heterocycles. The summed E-state index contributed by atoms with van der Waals surface area (Å²) in [6.45, 7) is 5.84. The molecular formula is C21H17NO4S2. The maximum Gasteiger partial charge on any atom is 0.335 e. The SMILES string of the molecule is C=CCOc1ccc(/C=C2\SC(=S)N(c3cc(C(=O)O)ccc3C)C2=O)cc1. The molecule has 1 aliphatic rings. The number of nitrogens with zero attached hydrogens (tertiary/aromatic N) is 1. The zero-order valence-corrected chi connectivity index (χ0v) is 16.7. The monoisotopic (exact) mass is 411 g/mol. The molecule has 1 aliphatic heterocycles. The largest absolute Gasteiger partial charge is 0.490 e. The van der Waals surface area contributed by atoms with E-state index in [9.17, 15) is 14.7 Å². The van der Waals surface area contributed by atoms with E-state index in [0.717, 1.165) is 11.1 Å². The normalized spacial score (nSPS) is 15.2. The van der Waals surface area contributed by atoms with Crippen LogP contribution in [0.4, 0.5) is 5.69 Å². The van der Waals surface area contributed by atoms with E-state index in [0.29, 0.717) is 27.3 Å². The van der Waals surface area contributed by atoms with E-state index < -0.39 is 5.97 Å². The van der Waals surface area contributed by atoms with Gasteiger partial charge in [-0.1, -0.05) is 54.8 Å². The van der Waals surface area contributed by atoms with Crippen LogP contribution >= 0.6 is 24.0 Å². The Morgan fingerprint density at radius 2 is 2.00 bits per heavy atom. The molecule has 1 amide bonds. The van der Waals surface area contributed by atoms with Crippen molar-refractivity contribution >= 4 is 51.9 Å². The number of carbonyl (C=O) groups excluding carboxylic acids is 1. The Morgan fingerprint density at radius 1 is 1.29 bits per heavy atom. The van der Waals surface area contributed by atoms with Gasteiger partial charge in [0.1, 0.15) is 12.4 Å². The highest BCUT2D eigenvalue weighted by atomic mass is 32.2. The third-order valence-corrected chi connectivity index (χ3v) is 5.34. The van der Waals surface area contributed by atoms with E-state index in [1.54, 1.807) is 18.2 Å². The zero-order valence-electron chi connectivity index (χ0n) is 15.0. The molecule has 2 aromatic carbocycles. The van der Waals surface area contributed by atoms with Gasteiger partial charge in [0.25, 0.3) is 5.91 Å². The lowest BCUT2D eigenvalue weighted by atomic mass is 10.1. The molecule has 28 heavy (non-hydrogen) atoms. The Bertz CT molecular complexity index is 996. The van der Waals surface area contributed by atoms with Crippen molar-refractivity contribution in [1.29, 1.82) is 0 Å². The number of carboxylic acids is 1. The number of hydrogen-bond donors (Lipinski definition) is 1. The first kappa shape index (κ1) is 19.9. The molecule has 5 nitrogen and oxygen atoms in total. The van der Waals surface area contributed by atoms with Gasteiger partial charge in [-0.25, -0.2) is 4.79 Å². The predicted molar refractivity (Wildman–Crippen MR) is 116 cm³/mol. The van der Waals surface area contributed by atoms with Crippen molar-refractivity contribution in [3.05, 3.63) is 76.7 Å². The molecular weight excluding hydrogens is 394 g/mol. The minimum absolute atomic E-state index is 0.105. The van der Waals surface area contributed by atoms with E-state index in [-0.39, 0.29) is 11.5 Å². The number of benzene rings is 2. The van der Waals surface area contributed by atoms with Crippen LogP contribution in [0.1, 0.15) is 21.5 Å². The van der Waals surface area contributed by atoms with Gasteiger partial charge < -0.3 is 9.84 Å². The van der Waals surface area contributed by atoms with E-state index in [4.69, 9.17) is 17.0 Å². The van der Waals surface area contributed by atoms with Crippen LogP contribution in [0, 0.1) is 6.92 Å². The molecule has 7 heteroatoms. The Kier molecular flexibility index (Phi) is 5.96. The van der Waals surface area contributed by atoms with E-state index >= 15 is 0 Å². The minimum Gasteiger partial charge on any atom is -0.490 e. The maximum absolute atomic E-state index is 12.9. The quantitative estimate of drug-likeness (QED) is 0.424. The van der Waals surface area contributed by atoms with Crippen LogP contribution in [0.5, 0.6) is 5.75 Å². The number of ether oxygens (including phenoxy) is 1. The van der Waals surface area contributed by atoms with Crippen molar-refractivity contribution < 1.29 is 19.4 Å². The lowest BCUT2D eigenvalue weighted by Gasteiger charge is -2.17. The second-order valence-corrected chi connectivity index (χ2v) is 7.67. The molecule has 0 bridgehead atoms. The van der Waals surface area contributed by atoms with Gasteiger partial charge in [0.2, 0.25) is 0 Å². The number of anilines is 1. The van der Waals surface area contributed by atoms with Gasteiger partial charge in [-0.2, -0.15) is 0 Å². The summed E-state index contributed by atoms with van der Waals surface area (Å²) in [5, 5.41) is 9.23. The van der Waals surface area contributed by atoms with Gasteiger partial charge in [-0.3, -0.25) is 9.69 Å². The van der Waals surface area contributed by atoms with Gasteiger partial charge in [-0.15, -0.1) is 0 Å². The highest BCUT2D eigenvalue weighted by Crippen LogP contribution is 2.37. The van der Waals surface area contributed by atoms with E-state index in [2.05, 4.69) is 6.58 Å². The van der Waals surface area contributed by atoms with Crippen molar-refractivity contribution in [2.45, 2.75) is 6.92 Å². The van der Waals surface area contributed by atoms with Crippen LogP contribution < -0.4 is 9.64 Å². The Labute approximate surface area is 172 Å². The summed E-state index contributed by atoms with van der Waals surface area (Å²) in [7, 11) is 0. The van der Waals surface area contributed by atoms with E-state index in [1.807, 2.05) is 31.2 Å². The maximum atomic E-state index is 12.9. The molecule has 0 aromatic heterocycles. The summed E-state index contributed by atoms with van der Waals surface area (Å²) in [6, 6.07) is 12.0. The van der Waals surface area contributed by atoms with Crippen molar-refractivity contribution in [3.8, 4) is 5.75 Å². The molecule has 2 aromatic rings. The Morgan fingerprint density at radius 3 is 2.64 bits per heavy atom.